The van der Waals surface area contributed by atoms with Gasteiger partial charge >= 0.3 is 0 Å². The highest BCUT2D eigenvalue weighted by Crippen LogP contribution is 2.28. The molecule has 0 amide bonds. The summed E-state index contributed by atoms with van der Waals surface area (Å²) in [6.45, 7) is 1.89. The first-order chi connectivity index (χ1) is 10.7. The number of hydrogen-bond donors (Lipinski definition) is 0. The number of hydrogen-bond acceptors (Lipinski definition) is 4. The molecule has 4 heteroatoms. The third-order valence-corrected chi connectivity index (χ3v) is 3.60. The molecule has 0 fully saturated rings. The maximum absolute atomic E-state index is 11.7. The Morgan fingerprint density at radius 1 is 1.23 bits per heavy atom. The standard InChI is InChI=1S/C18H13N3O/c1-12-3-2-4-18(21-12)16(11-22)14-7-8-20-17-6-5-13(10-19)9-15(14)17/h2-9,11,16H,1H3. The molecule has 0 bridgehead atoms. The SMILES string of the molecule is Cc1cccc(C(C=O)c2ccnc3ccc(C#N)cc23)n1. The quantitative estimate of drug-likeness (QED) is 0.694. The van der Waals surface area contributed by atoms with Crippen LogP contribution in [0.4, 0.5) is 0 Å². The number of rotatable bonds is 3. The average molecular weight is 287 g/mol. The largest absolute Gasteiger partial charge is 0.302 e. The molecule has 0 N–H and O–H groups in total. The summed E-state index contributed by atoms with van der Waals surface area (Å²) in [5, 5.41) is 9.89. The number of pyridine rings is 2. The van der Waals surface area contributed by atoms with Crippen LogP contribution in [-0.4, -0.2) is 16.3 Å². The van der Waals surface area contributed by atoms with Crippen LogP contribution < -0.4 is 0 Å². The van der Waals surface area contributed by atoms with Crippen molar-refractivity contribution in [3.63, 3.8) is 0 Å². The number of aromatic nitrogens is 2. The zero-order valence-electron chi connectivity index (χ0n) is 12.0. The Hall–Kier alpha value is -3.06. The Bertz CT molecular complexity index is 896. The lowest BCUT2D eigenvalue weighted by Gasteiger charge is -2.13. The molecule has 1 aromatic carbocycles. The minimum Gasteiger partial charge on any atom is -0.302 e. The van der Waals surface area contributed by atoms with E-state index in [-0.39, 0.29) is 0 Å². The summed E-state index contributed by atoms with van der Waals surface area (Å²) in [5.41, 5.74) is 3.68. The first kappa shape index (κ1) is 13.9. The van der Waals surface area contributed by atoms with E-state index >= 15 is 0 Å². The van der Waals surface area contributed by atoms with Crippen LogP contribution in [0.1, 0.15) is 28.4 Å². The molecule has 106 valence electrons. The van der Waals surface area contributed by atoms with Gasteiger partial charge in [-0.1, -0.05) is 6.07 Å². The Morgan fingerprint density at radius 2 is 2.09 bits per heavy atom. The highest BCUT2D eigenvalue weighted by Gasteiger charge is 2.18. The minimum atomic E-state index is -0.473. The van der Waals surface area contributed by atoms with Crippen molar-refractivity contribution in [1.29, 1.82) is 5.26 Å². The Kier molecular flexibility index (Phi) is 3.63. The summed E-state index contributed by atoms with van der Waals surface area (Å²) >= 11 is 0. The van der Waals surface area contributed by atoms with Gasteiger partial charge < -0.3 is 4.79 Å². The molecule has 0 radical (unpaired) electrons. The summed E-state index contributed by atoms with van der Waals surface area (Å²) in [5.74, 6) is -0.473. The number of carbonyl (C=O) groups is 1. The van der Waals surface area contributed by atoms with Crippen LogP contribution in [0.15, 0.2) is 48.7 Å². The van der Waals surface area contributed by atoms with Gasteiger partial charge in [-0.15, -0.1) is 0 Å². The topological polar surface area (TPSA) is 66.6 Å². The number of aldehydes is 1. The first-order valence-electron chi connectivity index (χ1n) is 6.90. The number of fused-ring (bicyclic) bond motifs is 1. The fraction of sp³-hybridized carbons (Fsp3) is 0.111. The molecular weight excluding hydrogens is 274 g/mol. The molecule has 22 heavy (non-hydrogen) atoms. The summed E-state index contributed by atoms with van der Waals surface area (Å²) in [6.07, 6.45) is 2.56. The zero-order valence-corrected chi connectivity index (χ0v) is 12.0. The summed E-state index contributed by atoms with van der Waals surface area (Å²) in [6, 6.07) is 14.8. The Labute approximate surface area is 128 Å². The lowest BCUT2D eigenvalue weighted by molar-refractivity contribution is -0.108. The van der Waals surface area contributed by atoms with Gasteiger partial charge in [-0.05, 0) is 48.9 Å². The van der Waals surface area contributed by atoms with Gasteiger partial charge in [0.25, 0.3) is 0 Å². The maximum Gasteiger partial charge on any atom is 0.133 e. The molecule has 1 atom stereocenters. The third kappa shape index (κ3) is 2.45. The van der Waals surface area contributed by atoms with Crippen molar-refractivity contribution < 1.29 is 4.79 Å². The second-order valence-electron chi connectivity index (χ2n) is 5.06. The van der Waals surface area contributed by atoms with E-state index in [0.717, 1.165) is 28.4 Å². The van der Waals surface area contributed by atoms with Crippen LogP contribution in [0, 0.1) is 18.3 Å². The highest BCUT2D eigenvalue weighted by atomic mass is 16.1. The predicted octanol–water partition coefficient (Wildman–Crippen LogP) is 3.14. The van der Waals surface area contributed by atoms with Crippen molar-refractivity contribution in [2.24, 2.45) is 0 Å². The van der Waals surface area contributed by atoms with Crippen LogP contribution >= 0.6 is 0 Å². The van der Waals surface area contributed by atoms with Gasteiger partial charge in [0.2, 0.25) is 0 Å². The van der Waals surface area contributed by atoms with Gasteiger partial charge in [0.1, 0.15) is 6.29 Å². The lowest BCUT2D eigenvalue weighted by Crippen LogP contribution is -2.06. The lowest BCUT2D eigenvalue weighted by atomic mass is 9.93. The number of nitriles is 1. The van der Waals surface area contributed by atoms with Crippen LogP contribution in [0.5, 0.6) is 0 Å². The van der Waals surface area contributed by atoms with Crippen molar-refractivity contribution in [2.75, 3.05) is 0 Å². The fourth-order valence-corrected chi connectivity index (χ4v) is 2.55. The number of carbonyl (C=O) groups excluding carboxylic acids is 1. The smallest absolute Gasteiger partial charge is 0.133 e. The number of aryl methyl sites for hydroxylation is 1. The third-order valence-electron chi connectivity index (χ3n) is 3.60. The Morgan fingerprint density at radius 3 is 2.82 bits per heavy atom. The van der Waals surface area contributed by atoms with Crippen molar-refractivity contribution in [2.45, 2.75) is 12.8 Å². The average Bonchev–Trinajstić information content (AvgIpc) is 2.55. The van der Waals surface area contributed by atoms with E-state index < -0.39 is 5.92 Å². The van der Waals surface area contributed by atoms with Crippen molar-refractivity contribution in [3.05, 3.63) is 71.2 Å². The van der Waals surface area contributed by atoms with E-state index in [1.807, 2.05) is 31.2 Å². The maximum atomic E-state index is 11.7. The van der Waals surface area contributed by atoms with E-state index in [9.17, 15) is 4.79 Å². The van der Waals surface area contributed by atoms with E-state index in [1.54, 1.807) is 24.4 Å². The summed E-state index contributed by atoms with van der Waals surface area (Å²) in [4.78, 5) is 20.4. The second kappa shape index (κ2) is 5.74. The summed E-state index contributed by atoms with van der Waals surface area (Å²) in [7, 11) is 0. The Balaban J connectivity index is 2.23. The van der Waals surface area contributed by atoms with Crippen LogP contribution in [0.25, 0.3) is 10.9 Å². The van der Waals surface area contributed by atoms with Gasteiger partial charge in [0, 0.05) is 17.3 Å². The molecule has 1 unspecified atom stereocenters. The molecule has 0 aliphatic carbocycles. The molecule has 4 nitrogen and oxygen atoms in total. The second-order valence-corrected chi connectivity index (χ2v) is 5.06. The normalized spacial score (nSPS) is 11.8. The summed E-state index contributed by atoms with van der Waals surface area (Å²) < 4.78 is 0. The van der Waals surface area contributed by atoms with E-state index in [2.05, 4.69) is 16.0 Å². The van der Waals surface area contributed by atoms with Crippen LogP contribution in [-0.2, 0) is 4.79 Å². The van der Waals surface area contributed by atoms with E-state index in [1.165, 1.54) is 0 Å². The van der Waals surface area contributed by atoms with Gasteiger partial charge in [-0.2, -0.15) is 5.26 Å². The molecule has 2 heterocycles. The predicted molar refractivity (Wildman–Crippen MR) is 83.3 cm³/mol. The van der Waals surface area contributed by atoms with Crippen molar-refractivity contribution in [3.8, 4) is 6.07 Å². The number of benzene rings is 1. The molecule has 0 aliphatic heterocycles. The molecular formula is C18H13N3O. The van der Waals surface area contributed by atoms with E-state index in [0.29, 0.717) is 11.3 Å². The molecule has 0 saturated carbocycles. The molecule has 3 rings (SSSR count). The fourth-order valence-electron chi connectivity index (χ4n) is 2.55. The molecule has 0 aliphatic rings. The molecule has 3 aromatic rings. The van der Waals surface area contributed by atoms with Gasteiger partial charge in [-0.25, -0.2) is 0 Å². The van der Waals surface area contributed by atoms with E-state index in [4.69, 9.17) is 5.26 Å². The number of nitrogens with zero attached hydrogens (tertiary/aromatic N) is 3. The van der Waals surface area contributed by atoms with Crippen molar-refractivity contribution >= 4 is 17.2 Å². The molecule has 2 aromatic heterocycles. The minimum absolute atomic E-state index is 0.473. The molecule has 0 spiro atoms. The monoisotopic (exact) mass is 287 g/mol. The highest BCUT2D eigenvalue weighted by molar-refractivity contribution is 5.87. The van der Waals surface area contributed by atoms with Crippen molar-refractivity contribution in [1.82, 2.24) is 9.97 Å². The zero-order chi connectivity index (χ0) is 15.5. The van der Waals surface area contributed by atoms with Crippen LogP contribution in [0.2, 0.25) is 0 Å². The van der Waals surface area contributed by atoms with Gasteiger partial charge in [-0.3, -0.25) is 9.97 Å². The van der Waals surface area contributed by atoms with Gasteiger partial charge in [0.15, 0.2) is 0 Å². The molecule has 0 saturated heterocycles. The first-order valence-corrected chi connectivity index (χ1v) is 6.90. The van der Waals surface area contributed by atoms with Gasteiger partial charge in [0.05, 0.1) is 28.8 Å². The van der Waals surface area contributed by atoms with Crippen LogP contribution in [0.3, 0.4) is 0 Å².